The Morgan fingerprint density at radius 3 is 3.13 bits per heavy atom. The number of para-hydroxylation sites is 1. The number of guanidine groups is 1. The Balaban J connectivity index is 1.81. The summed E-state index contributed by atoms with van der Waals surface area (Å²) in [5, 5.41) is 12.8. The minimum Gasteiger partial charge on any atom is -0.489 e. The van der Waals surface area contributed by atoms with Gasteiger partial charge in [0.1, 0.15) is 18.0 Å². The standard InChI is InChI=1S/C14H16N6O3/c1-20-7-10-12(19-14(20)21)18-11-8(3-2-4-9(11)23-10)22-6-5-17-13(15)16/h2-4,7H,5-6H2,1H3,(H4,15,16,17)(H,18,19,21). The Morgan fingerprint density at radius 2 is 2.35 bits per heavy atom. The summed E-state index contributed by atoms with van der Waals surface area (Å²) in [5.41, 5.74) is 5.43. The van der Waals surface area contributed by atoms with Crippen molar-refractivity contribution < 1.29 is 9.47 Å². The first kappa shape index (κ1) is 14.7. The largest absolute Gasteiger partial charge is 0.489 e. The Bertz CT molecular complexity index is 817. The number of aromatic nitrogens is 2. The summed E-state index contributed by atoms with van der Waals surface area (Å²) in [6, 6.07) is 5.36. The van der Waals surface area contributed by atoms with E-state index in [9.17, 15) is 4.79 Å². The van der Waals surface area contributed by atoms with Crippen LogP contribution in [0.1, 0.15) is 0 Å². The minimum absolute atomic E-state index is 0.112. The highest BCUT2D eigenvalue weighted by Gasteiger charge is 2.22. The molecule has 0 aliphatic carbocycles. The fraction of sp³-hybridized carbons (Fsp3) is 0.214. The third-order valence-corrected chi connectivity index (χ3v) is 3.18. The van der Waals surface area contributed by atoms with Crippen molar-refractivity contribution in [3.05, 3.63) is 34.9 Å². The predicted octanol–water partition coefficient (Wildman–Crippen LogP) is 0.491. The number of benzene rings is 1. The van der Waals surface area contributed by atoms with Gasteiger partial charge in [-0.05, 0) is 12.1 Å². The van der Waals surface area contributed by atoms with E-state index in [4.69, 9.17) is 20.6 Å². The van der Waals surface area contributed by atoms with Crippen LogP contribution in [0.5, 0.6) is 17.2 Å². The molecule has 1 aromatic carbocycles. The van der Waals surface area contributed by atoms with Crippen molar-refractivity contribution in [3.8, 4) is 17.2 Å². The number of aryl methyl sites for hydroxylation is 1. The molecule has 0 spiro atoms. The summed E-state index contributed by atoms with van der Waals surface area (Å²) in [7, 11) is 1.61. The van der Waals surface area contributed by atoms with E-state index >= 15 is 0 Å². The van der Waals surface area contributed by atoms with Crippen molar-refractivity contribution in [3.63, 3.8) is 0 Å². The number of hydrogen-bond acceptors (Lipinski definition) is 6. The summed E-state index contributed by atoms with van der Waals surface area (Å²) in [5.74, 6) is 1.84. The number of ether oxygens (including phenoxy) is 2. The highest BCUT2D eigenvalue weighted by atomic mass is 16.5. The molecule has 1 aliphatic rings. The first-order valence-electron chi connectivity index (χ1n) is 6.91. The van der Waals surface area contributed by atoms with E-state index in [1.54, 1.807) is 31.4 Å². The van der Waals surface area contributed by atoms with Crippen LogP contribution in [0.2, 0.25) is 0 Å². The van der Waals surface area contributed by atoms with E-state index in [0.717, 1.165) is 0 Å². The number of nitrogens with one attached hydrogen (secondary N) is 3. The van der Waals surface area contributed by atoms with Gasteiger partial charge in [-0.25, -0.2) is 4.79 Å². The topological polar surface area (TPSA) is 127 Å². The van der Waals surface area contributed by atoms with Gasteiger partial charge in [0.05, 0.1) is 12.7 Å². The number of hydrogen-bond donors (Lipinski definition) is 4. The third-order valence-electron chi connectivity index (χ3n) is 3.18. The summed E-state index contributed by atoms with van der Waals surface area (Å²) >= 11 is 0. The van der Waals surface area contributed by atoms with Crippen molar-refractivity contribution in [2.75, 3.05) is 18.5 Å². The summed E-state index contributed by atoms with van der Waals surface area (Å²) in [4.78, 5) is 15.6. The van der Waals surface area contributed by atoms with Gasteiger partial charge in [0.2, 0.25) is 0 Å². The second-order valence-electron chi connectivity index (χ2n) is 4.89. The van der Waals surface area contributed by atoms with Crippen molar-refractivity contribution in [1.82, 2.24) is 14.9 Å². The van der Waals surface area contributed by atoms with E-state index in [1.165, 1.54) is 4.57 Å². The third kappa shape index (κ3) is 3.03. The van der Waals surface area contributed by atoms with Gasteiger partial charge in [-0.15, -0.1) is 0 Å². The number of anilines is 2. The van der Waals surface area contributed by atoms with Crippen LogP contribution < -0.4 is 31.5 Å². The van der Waals surface area contributed by atoms with Crippen LogP contribution in [-0.4, -0.2) is 28.7 Å². The van der Waals surface area contributed by atoms with E-state index in [0.29, 0.717) is 41.9 Å². The highest BCUT2D eigenvalue weighted by molar-refractivity contribution is 5.77. The van der Waals surface area contributed by atoms with Crippen LogP contribution in [0.25, 0.3) is 0 Å². The molecule has 9 heteroatoms. The molecule has 0 radical (unpaired) electrons. The van der Waals surface area contributed by atoms with Crippen molar-refractivity contribution in [2.24, 2.45) is 12.8 Å². The van der Waals surface area contributed by atoms with Gasteiger partial charge >= 0.3 is 5.69 Å². The van der Waals surface area contributed by atoms with Crippen LogP contribution >= 0.6 is 0 Å². The van der Waals surface area contributed by atoms with Crippen LogP contribution in [0, 0.1) is 5.41 Å². The van der Waals surface area contributed by atoms with Crippen LogP contribution in [0.3, 0.4) is 0 Å². The maximum atomic E-state index is 11.6. The average molecular weight is 316 g/mol. The highest BCUT2D eigenvalue weighted by Crippen LogP contribution is 2.44. The number of rotatable bonds is 4. The van der Waals surface area contributed by atoms with Crippen molar-refractivity contribution in [2.45, 2.75) is 0 Å². The van der Waals surface area contributed by atoms with E-state index in [1.807, 2.05) is 0 Å². The lowest BCUT2D eigenvalue weighted by Gasteiger charge is -2.23. The van der Waals surface area contributed by atoms with Crippen LogP contribution in [0.4, 0.5) is 11.5 Å². The molecule has 5 N–H and O–H groups in total. The first-order chi connectivity index (χ1) is 11.0. The molecule has 0 saturated heterocycles. The zero-order valence-electron chi connectivity index (χ0n) is 12.4. The number of nitrogens with zero attached hydrogens (tertiary/aromatic N) is 2. The maximum absolute atomic E-state index is 11.6. The van der Waals surface area contributed by atoms with Gasteiger partial charge in [0, 0.05) is 7.05 Å². The zero-order chi connectivity index (χ0) is 16.4. The molecule has 0 saturated carbocycles. The molecule has 0 atom stereocenters. The van der Waals surface area contributed by atoms with Gasteiger partial charge in [-0.3, -0.25) is 9.98 Å². The van der Waals surface area contributed by atoms with Gasteiger partial charge < -0.3 is 25.8 Å². The molecular formula is C14H16N6O3. The Morgan fingerprint density at radius 1 is 1.52 bits per heavy atom. The molecule has 3 rings (SSSR count). The van der Waals surface area contributed by atoms with E-state index in [-0.39, 0.29) is 11.6 Å². The fourth-order valence-electron chi connectivity index (χ4n) is 2.11. The van der Waals surface area contributed by atoms with Crippen molar-refractivity contribution in [1.29, 1.82) is 5.41 Å². The Hall–Kier alpha value is -3.23. The molecule has 0 unspecified atom stereocenters. The minimum atomic E-state index is -0.382. The smallest absolute Gasteiger partial charge is 0.349 e. The average Bonchev–Trinajstić information content (AvgIpc) is 2.51. The lowest BCUT2D eigenvalue weighted by molar-refractivity contribution is 0.322. The molecule has 2 aromatic rings. The molecule has 0 amide bonds. The van der Waals surface area contributed by atoms with Gasteiger partial charge in [0.25, 0.3) is 0 Å². The second-order valence-corrected chi connectivity index (χ2v) is 4.89. The SMILES string of the molecule is Cn1cc2c(nc1=O)Nc1c(OCCNC(=N)N)cccc1O2. The first-order valence-corrected chi connectivity index (χ1v) is 6.91. The van der Waals surface area contributed by atoms with Gasteiger partial charge in [0.15, 0.2) is 23.3 Å². The normalized spacial score (nSPS) is 11.5. The van der Waals surface area contributed by atoms with Crippen LogP contribution in [0.15, 0.2) is 29.2 Å². The lowest BCUT2D eigenvalue weighted by atomic mass is 10.2. The molecule has 0 fully saturated rings. The number of fused-ring (bicyclic) bond motifs is 2. The maximum Gasteiger partial charge on any atom is 0.349 e. The molecule has 120 valence electrons. The summed E-state index contributed by atoms with van der Waals surface area (Å²) < 4.78 is 12.8. The molecule has 9 nitrogen and oxygen atoms in total. The van der Waals surface area contributed by atoms with Crippen LogP contribution in [-0.2, 0) is 7.05 Å². The second kappa shape index (κ2) is 5.87. The molecule has 0 bridgehead atoms. The summed E-state index contributed by atoms with van der Waals surface area (Å²) in [6.45, 7) is 0.712. The summed E-state index contributed by atoms with van der Waals surface area (Å²) in [6.07, 6.45) is 1.57. The Labute approximate surface area is 131 Å². The fourth-order valence-corrected chi connectivity index (χ4v) is 2.11. The molecule has 23 heavy (non-hydrogen) atoms. The quantitative estimate of drug-likeness (QED) is 0.313. The molecule has 1 aromatic heterocycles. The van der Waals surface area contributed by atoms with Crippen molar-refractivity contribution >= 4 is 17.5 Å². The molecule has 1 aliphatic heterocycles. The van der Waals surface area contributed by atoms with Gasteiger partial charge in [-0.1, -0.05) is 6.07 Å². The predicted molar refractivity (Wildman–Crippen MR) is 84.7 cm³/mol. The lowest BCUT2D eigenvalue weighted by Crippen LogP contribution is -2.33. The van der Waals surface area contributed by atoms with E-state index < -0.39 is 0 Å². The zero-order valence-corrected chi connectivity index (χ0v) is 12.4. The molecular weight excluding hydrogens is 300 g/mol. The monoisotopic (exact) mass is 316 g/mol. The van der Waals surface area contributed by atoms with E-state index in [2.05, 4.69) is 15.6 Å². The number of nitrogens with two attached hydrogens (primary N) is 1. The Kier molecular flexibility index (Phi) is 3.75. The molecule has 2 heterocycles. The van der Waals surface area contributed by atoms with Gasteiger partial charge in [-0.2, -0.15) is 4.98 Å².